The van der Waals surface area contributed by atoms with Gasteiger partial charge in [0.1, 0.15) is 17.1 Å². The molecule has 4 heteroatoms. The molecule has 120 valence electrons. The summed E-state index contributed by atoms with van der Waals surface area (Å²) in [6.07, 6.45) is 3.65. The fourth-order valence-corrected chi connectivity index (χ4v) is 2.15. The van der Waals surface area contributed by atoms with Crippen LogP contribution in [-0.4, -0.2) is 24.3 Å². The van der Waals surface area contributed by atoms with Gasteiger partial charge in [-0.1, -0.05) is 36.4 Å². The largest absolute Gasteiger partial charge is 0.507 e. The van der Waals surface area contributed by atoms with Gasteiger partial charge in [0.15, 0.2) is 0 Å². The molecule has 0 aliphatic rings. The van der Waals surface area contributed by atoms with Gasteiger partial charge in [-0.25, -0.2) is 4.79 Å². The number of rotatable bonds is 6. The van der Waals surface area contributed by atoms with Crippen molar-refractivity contribution in [2.45, 2.75) is 13.8 Å². The van der Waals surface area contributed by atoms with E-state index in [0.29, 0.717) is 12.2 Å². The highest BCUT2D eigenvalue weighted by Gasteiger charge is 2.15. The Labute approximate surface area is 136 Å². The Morgan fingerprint density at radius 2 is 1.78 bits per heavy atom. The number of esters is 1. The molecule has 2 aromatic carbocycles. The predicted molar refractivity (Wildman–Crippen MR) is 90.6 cm³/mol. The predicted octanol–water partition coefficient (Wildman–Crippen LogP) is 4.14. The molecule has 0 aliphatic carbocycles. The average Bonchev–Trinajstić information content (AvgIpc) is 2.54. The van der Waals surface area contributed by atoms with E-state index in [1.807, 2.05) is 37.3 Å². The number of carbonyl (C=O) groups is 1. The number of aromatic hydroxyl groups is 1. The summed E-state index contributed by atoms with van der Waals surface area (Å²) in [7, 11) is 0. The minimum Gasteiger partial charge on any atom is -0.507 e. The smallest absolute Gasteiger partial charge is 0.342 e. The molecule has 2 rings (SSSR count). The number of hydrogen-bond acceptors (Lipinski definition) is 4. The number of phenols is 1. The van der Waals surface area contributed by atoms with Crippen LogP contribution in [0, 0.1) is 0 Å². The maximum absolute atomic E-state index is 12.0. The van der Waals surface area contributed by atoms with E-state index in [1.54, 1.807) is 25.1 Å². The first-order chi connectivity index (χ1) is 11.2. The highest BCUT2D eigenvalue weighted by atomic mass is 16.5. The molecule has 23 heavy (non-hydrogen) atoms. The standard InChI is InChI=1S/C19H20O4/c1-3-22-16-12-9-14(10-13-16)8-11-15-6-5-7-17(20)18(15)19(21)23-4-2/h5-13,20H,3-4H2,1-2H3/b11-8+. The number of phenolic OH excluding ortho intramolecular Hbond substituents is 1. The summed E-state index contributed by atoms with van der Waals surface area (Å²) < 4.78 is 10.4. The summed E-state index contributed by atoms with van der Waals surface area (Å²) in [6, 6.07) is 12.5. The van der Waals surface area contributed by atoms with E-state index in [2.05, 4.69) is 0 Å². The molecule has 0 aliphatic heterocycles. The Hall–Kier alpha value is -2.75. The third-order valence-electron chi connectivity index (χ3n) is 3.20. The summed E-state index contributed by atoms with van der Waals surface area (Å²) in [5.74, 6) is 0.198. The van der Waals surface area contributed by atoms with Crippen molar-refractivity contribution in [3.05, 3.63) is 59.2 Å². The second kappa shape index (κ2) is 8.03. The van der Waals surface area contributed by atoms with Crippen molar-refractivity contribution in [2.24, 2.45) is 0 Å². The maximum Gasteiger partial charge on any atom is 0.342 e. The van der Waals surface area contributed by atoms with Crippen LogP contribution in [0.25, 0.3) is 12.2 Å². The first kappa shape index (κ1) is 16.6. The molecule has 0 aromatic heterocycles. The molecular formula is C19H20O4. The van der Waals surface area contributed by atoms with Gasteiger partial charge in [-0.05, 0) is 43.2 Å². The third kappa shape index (κ3) is 4.36. The normalized spacial score (nSPS) is 10.7. The van der Waals surface area contributed by atoms with Crippen molar-refractivity contribution in [3.63, 3.8) is 0 Å². The van der Waals surface area contributed by atoms with Gasteiger partial charge in [-0.3, -0.25) is 0 Å². The summed E-state index contributed by atoms with van der Waals surface area (Å²) in [5, 5.41) is 9.93. The SMILES string of the molecule is CCOC(=O)c1c(O)cccc1/C=C/c1ccc(OCC)cc1. The second-order valence-electron chi connectivity index (χ2n) is 4.80. The highest BCUT2D eigenvalue weighted by Crippen LogP contribution is 2.24. The Morgan fingerprint density at radius 3 is 2.43 bits per heavy atom. The number of carbonyl (C=O) groups excluding carboxylic acids is 1. The average molecular weight is 312 g/mol. The third-order valence-corrected chi connectivity index (χ3v) is 3.20. The first-order valence-electron chi connectivity index (χ1n) is 7.55. The lowest BCUT2D eigenvalue weighted by atomic mass is 10.0. The molecule has 0 amide bonds. The van der Waals surface area contributed by atoms with E-state index < -0.39 is 5.97 Å². The Kier molecular flexibility index (Phi) is 5.80. The lowest BCUT2D eigenvalue weighted by Gasteiger charge is -2.07. The Morgan fingerprint density at radius 1 is 1.04 bits per heavy atom. The van der Waals surface area contributed by atoms with Gasteiger partial charge in [0.25, 0.3) is 0 Å². The van der Waals surface area contributed by atoms with Crippen LogP contribution in [0.15, 0.2) is 42.5 Å². The second-order valence-corrected chi connectivity index (χ2v) is 4.80. The van der Waals surface area contributed by atoms with Crippen molar-refractivity contribution < 1.29 is 19.4 Å². The lowest BCUT2D eigenvalue weighted by Crippen LogP contribution is -2.06. The van der Waals surface area contributed by atoms with Crippen molar-refractivity contribution >= 4 is 18.1 Å². The van der Waals surface area contributed by atoms with E-state index in [0.717, 1.165) is 11.3 Å². The Bertz CT molecular complexity index is 687. The molecule has 0 spiro atoms. The van der Waals surface area contributed by atoms with Gasteiger partial charge in [0.2, 0.25) is 0 Å². The van der Waals surface area contributed by atoms with Crippen LogP contribution in [0.5, 0.6) is 11.5 Å². The van der Waals surface area contributed by atoms with Crippen LogP contribution in [0.4, 0.5) is 0 Å². The zero-order chi connectivity index (χ0) is 16.7. The minimum absolute atomic E-state index is 0.0858. The first-order valence-corrected chi connectivity index (χ1v) is 7.55. The molecular weight excluding hydrogens is 292 g/mol. The quantitative estimate of drug-likeness (QED) is 0.643. The lowest BCUT2D eigenvalue weighted by molar-refractivity contribution is 0.0523. The number of ether oxygens (including phenoxy) is 2. The van der Waals surface area contributed by atoms with Gasteiger partial charge in [-0.15, -0.1) is 0 Å². The van der Waals surface area contributed by atoms with Gasteiger partial charge < -0.3 is 14.6 Å². The molecule has 1 N–H and O–H groups in total. The monoisotopic (exact) mass is 312 g/mol. The molecule has 0 heterocycles. The van der Waals surface area contributed by atoms with Crippen LogP contribution in [0.2, 0.25) is 0 Å². The van der Waals surface area contributed by atoms with E-state index in [9.17, 15) is 9.90 Å². The topological polar surface area (TPSA) is 55.8 Å². The van der Waals surface area contributed by atoms with Crippen LogP contribution in [0.1, 0.15) is 35.3 Å². The van der Waals surface area contributed by atoms with Crippen molar-refractivity contribution in [2.75, 3.05) is 13.2 Å². The van der Waals surface area contributed by atoms with Crippen LogP contribution in [-0.2, 0) is 4.74 Å². The van der Waals surface area contributed by atoms with Crippen molar-refractivity contribution in [1.29, 1.82) is 0 Å². The van der Waals surface area contributed by atoms with E-state index in [4.69, 9.17) is 9.47 Å². The van der Waals surface area contributed by atoms with Crippen molar-refractivity contribution in [1.82, 2.24) is 0 Å². The van der Waals surface area contributed by atoms with Crippen LogP contribution in [0.3, 0.4) is 0 Å². The van der Waals surface area contributed by atoms with Gasteiger partial charge in [0.05, 0.1) is 13.2 Å². The molecule has 0 radical (unpaired) electrons. The maximum atomic E-state index is 12.0. The summed E-state index contributed by atoms with van der Waals surface area (Å²) >= 11 is 0. The van der Waals surface area contributed by atoms with E-state index >= 15 is 0 Å². The highest BCUT2D eigenvalue weighted by molar-refractivity contribution is 5.97. The van der Waals surface area contributed by atoms with Gasteiger partial charge in [-0.2, -0.15) is 0 Å². The van der Waals surface area contributed by atoms with E-state index in [-0.39, 0.29) is 17.9 Å². The molecule has 0 saturated heterocycles. The zero-order valence-electron chi connectivity index (χ0n) is 13.3. The summed E-state index contributed by atoms with van der Waals surface area (Å²) in [4.78, 5) is 12.0. The molecule has 0 fully saturated rings. The fourth-order valence-electron chi connectivity index (χ4n) is 2.15. The van der Waals surface area contributed by atoms with Crippen molar-refractivity contribution in [3.8, 4) is 11.5 Å². The molecule has 2 aromatic rings. The van der Waals surface area contributed by atoms with Crippen LogP contribution < -0.4 is 4.74 Å². The molecule has 0 atom stereocenters. The van der Waals surface area contributed by atoms with E-state index in [1.165, 1.54) is 6.07 Å². The summed E-state index contributed by atoms with van der Waals surface area (Å²) in [6.45, 7) is 4.55. The minimum atomic E-state index is -0.531. The molecule has 0 saturated carbocycles. The summed E-state index contributed by atoms with van der Waals surface area (Å²) in [5.41, 5.74) is 1.75. The zero-order valence-corrected chi connectivity index (χ0v) is 13.3. The Balaban J connectivity index is 2.25. The van der Waals surface area contributed by atoms with Gasteiger partial charge >= 0.3 is 5.97 Å². The fraction of sp³-hybridized carbons (Fsp3) is 0.211. The number of hydrogen-bond donors (Lipinski definition) is 1. The number of benzene rings is 2. The van der Waals surface area contributed by atoms with Gasteiger partial charge in [0, 0.05) is 0 Å². The molecule has 0 bridgehead atoms. The van der Waals surface area contributed by atoms with Crippen LogP contribution >= 0.6 is 0 Å². The molecule has 4 nitrogen and oxygen atoms in total. The molecule has 0 unspecified atom stereocenters.